The molecule has 17 heavy (non-hydrogen) atoms. The third kappa shape index (κ3) is 4.12. The molecule has 0 spiro atoms. The van der Waals surface area contributed by atoms with Crippen molar-refractivity contribution < 1.29 is 19.7 Å². The summed E-state index contributed by atoms with van der Waals surface area (Å²) >= 11 is 0. The largest absolute Gasteiger partial charge is 0.481 e. The second kappa shape index (κ2) is 5.24. The Morgan fingerprint density at radius 2 is 2.18 bits per heavy atom. The average molecular weight is 243 g/mol. The first-order valence-electron chi connectivity index (χ1n) is 5.18. The molecule has 0 saturated heterocycles. The number of rotatable bonds is 6. The number of ether oxygens (including phenoxy) is 1. The summed E-state index contributed by atoms with van der Waals surface area (Å²) in [6.07, 6.45) is -0.204. The zero-order chi connectivity index (χ0) is 13.1. The Hall–Kier alpha value is -1.47. The van der Waals surface area contributed by atoms with E-state index < -0.39 is 11.6 Å². The van der Waals surface area contributed by atoms with E-state index in [4.69, 9.17) is 9.84 Å². The molecule has 0 aromatic carbocycles. The fourth-order valence-corrected chi connectivity index (χ4v) is 1.44. The smallest absolute Gasteiger partial charge is 0.309 e. The predicted octanol–water partition coefficient (Wildman–Crippen LogP) is -0.178. The summed E-state index contributed by atoms with van der Waals surface area (Å²) in [6.45, 7) is 3.73. The van der Waals surface area contributed by atoms with Crippen LogP contribution in [-0.4, -0.2) is 43.9 Å². The van der Waals surface area contributed by atoms with E-state index in [1.54, 1.807) is 13.8 Å². The third-order valence-electron chi connectivity index (χ3n) is 2.05. The van der Waals surface area contributed by atoms with Gasteiger partial charge >= 0.3 is 5.97 Å². The van der Waals surface area contributed by atoms with Gasteiger partial charge in [-0.05, 0) is 13.8 Å². The highest BCUT2D eigenvalue weighted by Gasteiger charge is 2.20. The van der Waals surface area contributed by atoms with E-state index in [-0.39, 0.29) is 19.6 Å². The number of carboxylic acid groups (broad SMARTS) is 1. The number of nitrogens with zero attached hydrogens (tertiary/aromatic N) is 3. The molecule has 1 aromatic heterocycles. The molecule has 0 radical (unpaired) electrons. The molecule has 2 N–H and O–H groups in total. The Labute approximate surface area is 99.0 Å². The van der Waals surface area contributed by atoms with Gasteiger partial charge < -0.3 is 14.9 Å². The van der Waals surface area contributed by atoms with Crippen LogP contribution in [0.15, 0.2) is 0 Å². The molecule has 0 bridgehead atoms. The van der Waals surface area contributed by atoms with Gasteiger partial charge in [0.1, 0.15) is 0 Å². The Morgan fingerprint density at radius 1 is 1.53 bits per heavy atom. The quantitative estimate of drug-likeness (QED) is 0.719. The highest BCUT2D eigenvalue weighted by atomic mass is 16.5. The molecule has 7 heteroatoms. The van der Waals surface area contributed by atoms with Gasteiger partial charge in [0.15, 0.2) is 0 Å². The molecular weight excluding hydrogens is 226 g/mol. The first kappa shape index (κ1) is 13.6. The van der Waals surface area contributed by atoms with Crippen LogP contribution in [-0.2, 0) is 29.1 Å². The lowest BCUT2D eigenvalue weighted by atomic mass is 10.1. The van der Waals surface area contributed by atoms with Crippen LogP contribution in [0.5, 0.6) is 0 Å². The third-order valence-corrected chi connectivity index (χ3v) is 2.05. The molecule has 96 valence electrons. The van der Waals surface area contributed by atoms with Crippen molar-refractivity contribution in [1.82, 2.24) is 15.0 Å². The molecule has 0 saturated carbocycles. The van der Waals surface area contributed by atoms with Crippen LogP contribution in [0.2, 0.25) is 0 Å². The number of aliphatic hydroxyl groups is 1. The minimum atomic E-state index is -0.974. The van der Waals surface area contributed by atoms with E-state index in [1.807, 2.05) is 0 Å². The van der Waals surface area contributed by atoms with Crippen molar-refractivity contribution in [2.24, 2.45) is 0 Å². The molecule has 0 unspecified atom stereocenters. The molecular formula is C10H17N3O4. The van der Waals surface area contributed by atoms with E-state index in [9.17, 15) is 9.90 Å². The first-order valence-corrected chi connectivity index (χ1v) is 5.18. The Kier molecular flexibility index (Phi) is 4.19. The number of carboxylic acids is 1. The van der Waals surface area contributed by atoms with Crippen LogP contribution in [0.4, 0.5) is 0 Å². The van der Waals surface area contributed by atoms with E-state index in [2.05, 4.69) is 10.3 Å². The van der Waals surface area contributed by atoms with Crippen molar-refractivity contribution in [2.75, 3.05) is 7.11 Å². The van der Waals surface area contributed by atoms with Crippen LogP contribution in [0, 0.1) is 0 Å². The van der Waals surface area contributed by atoms with Crippen molar-refractivity contribution in [1.29, 1.82) is 0 Å². The van der Waals surface area contributed by atoms with Crippen LogP contribution < -0.4 is 0 Å². The average Bonchev–Trinajstić information content (AvgIpc) is 2.47. The van der Waals surface area contributed by atoms with Gasteiger partial charge in [-0.3, -0.25) is 4.79 Å². The van der Waals surface area contributed by atoms with Crippen LogP contribution in [0.1, 0.15) is 25.2 Å². The number of aliphatic carboxylic acids is 1. The Morgan fingerprint density at radius 3 is 2.65 bits per heavy atom. The number of carbonyl (C=O) groups is 1. The standard InChI is InChI=1S/C10H17N3O4/c1-10(2,16)6-13-8(5-17-3)7(11-12-13)4-9(14)15/h16H,4-6H2,1-3H3,(H,14,15). The maximum atomic E-state index is 10.7. The van der Waals surface area contributed by atoms with E-state index in [0.29, 0.717) is 11.4 Å². The number of aromatic nitrogens is 3. The maximum absolute atomic E-state index is 10.7. The first-order chi connectivity index (χ1) is 7.83. The summed E-state index contributed by atoms with van der Waals surface area (Å²) in [7, 11) is 1.51. The second-order valence-electron chi connectivity index (χ2n) is 4.46. The molecule has 7 nitrogen and oxygen atoms in total. The lowest BCUT2D eigenvalue weighted by molar-refractivity contribution is -0.136. The SMILES string of the molecule is COCc1c(CC(=O)O)nnn1CC(C)(C)O. The van der Waals surface area contributed by atoms with Crippen LogP contribution >= 0.6 is 0 Å². The van der Waals surface area contributed by atoms with Gasteiger partial charge in [0.2, 0.25) is 0 Å². The lowest BCUT2D eigenvalue weighted by Crippen LogP contribution is -2.28. The van der Waals surface area contributed by atoms with Crippen molar-refractivity contribution >= 4 is 5.97 Å². The van der Waals surface area contributed by atoms with Gasteiger partial charge in [-0.1, -0.05) is 5.21 Å². The number of hydrogen-bond donors (Lipinski definition) is 2. The Balaban J connectivity index is 2.97. The molecule has 0 atom stereocenters. The fourth-order valence-electron chi connectivity index (χ4n) is 1.44. The summed E-state index contributed by atoms with van der Waals surface area (Å²) in [5.74, 6) is -0.974. The molecule has 1 aromatic rings. The van der Waals surface area contributed by atoms with Crippen molar-refractivity contribution in [3.63, 3.8) is 0 Å². The molecule has 0 aliphatic carbocycles. The minimum Gasteiger partial charge on any atom is -0.481 e. The molecule has 0 fully saturated rings. The zero-order valence-corrected chi connectivity index (χ0v) is 10.2. The minimum absolute atomic E-state index is 0.204. The highest BCUT2D eigenvalue weighted by Crippen LogP contribution is 2.12. The van der Waals surface area contributed by atoms with Crippen molar-refractivity contribution in [2.45, 2.75) is 39.0 Å². The van der Waals surface area contributed by atoms with Crippen LogP contribution in [0.25, 0.3) is 0 Å². The van der Waals surface area contributed by atoms with Gasteiger partial charge in [-0.2, -0.15) is 0 Å². The van der Waals surface area contributed by atoms with Gasteiger partial charge in [0.05, 0.1) is 36.6 Å². The van der Waals surface area contributed by atoms with Crippen molar-refractivity contribution in [3.8, 4) is 0 Å². The summed E-state index contributed by atoms with van der Waals surface area (Å²) in [5, 5.41) is 26.1. The zero-order valence-electron chi connectivity index (χ0n) is 10.2. The maximum Gasteiger partial charge on any atom is 0.309 e. The molecule has 0 aliphatic heterocycles. The summed E-state index contributed by atoms with van der Waals surface area (Å²) in [5.41, 5.74) is -0.00271. The topological polar surface area (TPSA) is 97.5 Å². The normalized spacial score (nSPS) is 11.8. The second-order valence-corrected chi connectivity index (χ2v) is 4.46. The van der Waals surface area contributed by atoms with E-state index in [0.717, 1.165) is 0 Å². The monoisotopic (exact) mass is 243 g/mol. The van der Waals surface area contributed by atoms with E-state index >= 15 is 0 Å². The van der Waals surface area contributed by atoms with Gasteiger partial charge in [-0.15, -0.1) is 5.10 Å². The lowest BCUT2D eigenvalue weighted by Gasteiger charge is -2.18. The molecule has 0 amide bonds. The summed E-state index contributed by atoms with van der Waals surface area (Å²) in [4.78, 5) is 10.7. The molecule has 0 aliphatic rings. The Bertz CT molecular complexity index is 395. The number of hydrogen-bond acceptors (Lipinski definition) is 5. The van der Waals surface area contributed by atoms with Crippen molar-refractivity contribution in [3.05, 3.63) is 11.4 Å². The van der Waals surface area contributed by atoms with Gasteiger partial charge in [0.25, 0.3) is 0 Å². The van der Waals surface area contributed by atoms with Gasteiger partial charge in [0, 0.05) is 7.11 Å². The molecule has 1 rings (SSSR count). The number of methoxy groups -OCH3 is 1. The molecule has 1 heterocycles. The van der Waals surface area contributed by atoms with E-state index in [1.165, 1.54) is 11.8 Å². The fraction of sp³-hybridized carbons (Fsp3) is 0.700. The summed E-state index contributed by atoms with van der Waals surface area (Å²) < 4.78 is 6.46. The van der Waals surface area contributed by atoms with Crippen LogP contribution in [0.3, 0.4) is 0 Å². The summed E-state index contributed by atoms with van der Waals surface area (Å²) in [6, 6.07) is 0. The van der Waals surface area contributed by atoms with Gasteiger partial charge in [-0.25, -0.2) is 4.68 Å². The highest BCUT2D eigenvalue weighted by molar-refractivity contribution is 5.69. The predicted molar refractivity (Wildman–Crippen MR) is 58.4 cm³/mol.